The van der Waals surface area contributed by atoms with E-state index in [1.165, 1.54) is 19.2 Å². The SMILES string of the molecule is COC(=O)[C@](C)(CNC(=O)N1CCC1)c1ccccc1F. The molecule has 0 unspecified atom stereocenters. The maximum atomic E-state index is 14.0. The van der Waals surface area contributed by atoms with Crippen LogP contribution in [-0.2, 0) is 14.9 Å². The first kappa shape index (κ1) is 15.3. The second-order valence-corrected chi connectivity index (χ2v) is 5.30. The predicted molar refractivity (Wildman–Crippen MR) is 75.4 cm³/mol. The van der Waals surface area contributed by atoms with Crippen molar-refractivity contribution in [1.29, 1.82) is 0 Å². The van der Waals surface area contributed by atoms with Gasteiger partial charge in [0.15, 0.2) is 0 Å². The summed E-state index contributed by atoms with van der Waals surface area (Å²) in [7, 11) is 1.25. The Kier molecular flexibility index (Phi) is 4.45. The number of likely N-dealkylation sites (tertiary alicyclic amines) is 1. The smallest absolute Gasteiger partial charge is 0.317 e. The first-order valence-corrected chi connectivity index (χ1v) is 6.85. The predicted octanol–water partition coefficient (Wildman–Crippen LogP) is 1.67. The molecule has 1 aromatic rings. The van der Waals surface area contributed by atoms with E-state index in [0.717, 1.165) is 6.42 Å². The third-order valence-corrected chi connectivity index (χ3v) is 3.84. The minimum absolute atomic E-state index is 0.0179. The molecule has 5 nitrogen and oxygen atoms in total. The molecule has 0 spiro atoms. The van der Waals surface area contributed by atoms with Crippen molar-refractivity contribution < 1.29 is 18.7 Å². The van der Waals surface area contributed by atoms with Gasteiger partial charge in [-0.1, -0.05) is 18.2 Å². The summed E-state index contributed by atoms with van der Waals surface area (Å²) in [5.74, 6) is -1.08. The van der Waals surface area contributed by atoms with Crippen LogP contribution in [0.5, 0.6) is 0 Å². The van der Waals surface area contributed by atoms with Gasteiger partial charge in [-0.2, -0.15) is 0 Å². The van der Waals surface area contributed by atoms with Gasteiger partial charge in [-0.3, -0.25) is 4.79 Å². The average molecular weight is 294 g/mol. The fourth-order valence-electron chi connectivity index (χ4n) is 2.29. The minimum atomic E-state index is -1.26. The lowest BCUT2D eigenvalue weighted by Crippen LogP contribution is -2.52. The van der Waals surface area contributed by atoms with Crippen LogP contribution in [0, 0.1) is 5.82 Å². The molecule has 0 aromatic heterocycles. The second kappa shape index (κ2) is 6.11. The van der Waals surface area contributed by atoms with E-state index < -0.39 is 17.2 Å². The Morgan fingerprint density at radius 1 is 1.38 bits per heavy atom. The number of urea groups is 1. The summed E-state index contributed by atoms with van der Waals surface area (Å²) in [6.45, 7) is 2.96. The van der Waals surface area contributed by atoms with Gasteiger partial charge in [0.05, 0.1) is 7.11 Å². The Hall–Kier alpha value is -2.11. The van der Waals surface area contributed by atoms with Crippen molar-refractivity contribution in [3.63, 3.8) is 0 Å². The second-order valence-electron chi connectivity index (χ2n) is 5.30. The van der Waals surface area contributed by atoms with Crippen molar-refractivity contribution in [1.82, 2.24) is 10.2 Å². The molecule has 1 aliphatic rings. The molecular weight excluding hydrogens is 275 g/mol. The van der Waals surface area contributed by atoms with Gasteiger partial charge in [0.2, 0.25) is 0 Å². The van der Waals surface area contributed by atoms with Gasteiger partial charge in [0.1, 0.15) is 11.2 Å². The van der Waals surface area contributed by atoms with Gasteiger partial charge in [-0.05, 0) is 19.4 Å². The quantitative estimate of drug-likeness (QED) is 0.859. The molecule has 1 heterocycles. The van der Waals surface area contributed by atoms with Gasteiger partial charge in [0.25, 0.3) is 0 Å². The monoisotopic (exact) mass is 294 g/mol. The van der Waals surface area contributed by atoms with Crippen molar-refractivity contribution in [2.24, 2.45) is 0 Å². The van der Waals surface area contributed by atoms with E-state index in [4.69, 9.17) is 4.74 Å². The molecule has 0 saturated carbocycles. The molecule has 1 aliphatic heterocycles. The number of halogens is 1. The molecule has 2 rings (SSSR count). The van der Waals surface area contributed by atoms with Crippen LogP contribution < -0.4 is 5.32 Å². The van der Waals surface area contributed by atoms with Crippen molar-refractivity contribution in [2.45, 2.75) is 18.8 Å². The zero-order valence-electron chi connectivity index (χ0n) is 12.2. The number of esters is 1. The molecule has 1 N–H and O–H groups in total. The minimum Gasteiger partial charge on any atom is -0.468 e. The number of carbonyl (C=O) groups is 2. The Morgan fingerprint density at radius 3 is 2.57 bits per heavy atom. The molecule has 0 aliphatic carbocycles. The van der Waals surface area contributed by atoms with E-state index in [2.05, 4.69) is 5.32 Å². The van der Waals surface area contributed by atoms with Gasteiger partial charge in [-0.15, -0.1) is 0 Å². The average Bonchev–Trinajstić information content (AvgIpc) is 2.42. The number of rotatable bonds is 4. The zero-order chi connectivity index (χ0) is 15.5. The standard InChI is InChI=1S/C15H19FN2O3/c1-15(13(19)21-2,11-6-3-4-7-12(11)16)10-17-14(20)18-8-5-9-18/h3-4,6-7H,5,8-10H2,1-2H3,(H,17,20)/t15-/m1/s1. The number of hydrogen-bond acceptors (Lipinski definition) is 3. The lowest BCUT2D eigenvalue weighted by Gasteiger charge is -2.33. The number of benzene rings is 1. The molecular formula is C15H19FN2O3. The fraction of sp³-hybridized carbons (Fsp3) is 0.467. The maximum absolute atomic E-state index is 14.0. The normalized spacial score (nSPS) is 16.6. The molecule has 114 valence electrons. The molecule has 2 amide bonds. The Labute approximate surface area is 123 Å². The molecule has 1 saturated heterocycles. The van der Waals surface area contributed by atoms with E-state index >= 15 is 0 Å². The molecule has 1 atom stereocenters. The number of nitrogens with zero attached hydrogens (tertiary/aromatic N) is 1. The van der Waals surface area contributed by atoms with Crippen LogP contribution in [0.25, 0.3) is 0 Å². The van der Waals surface area contributed by atoms with Crippen molar-refractivity contribution in [3.05, 3.63) is 35.6 Å². The van der Waals surface area contributed by atoms with Gasteiger partial charge in [0, 0.05) is 25.2 Å². The Bertz CT molecular complexity index is 545. The number of methoxy groups -OCH3 is 1. The highest BCUT2D eigenvalue weighted by Crippen LogP contribution is 2.27. The van der Waals surface area contributed by atoms with Crippen molar-refractivity contribution in [2.75, 3.05) is 26.7 Å². The number of nitrogens with one attached hydrogen (secondary N) is 1. The summed E-state index contributed by atoms with van der Waals surface area (Å²) in [4.78, 5) is 25.6. The summed E-state index contributed by atoms with van der Waals surface area (Å²) in [6.07, 6.45) is 0.981. The van der Waals surface area contributed by atoms with Gasteiger partial charge < -0.3 is 15.0 Å². The Balaban J connectivity index is 2.19. The first-order valence-electron chi connectivity index (χ1n) is 6.85. The summed E-state index contributed by atoms with van der Waals surface area (Å²) in [5.41, 5.74) is -1.05. The van der Waals surface area contributed by atoms with E-state index in [-0.39, 0.29) is 18.1 Å². The summed E-state index contributed by atoms with van der Waals surface area (Å²) in [6, 6.07) is 5.77. The summed E-state index contributed by atoms with van der Waals surface area (Å²) < 4.78 is 18.8. The third-order valence-electron chi connectivity index (χ3n) is 3.84. The highest BCUT2D eigenvalue weighted by molar-refractivity contribution is 5.84. The van der Waals surface area contributed by atoms with E-state index in [9.17, 15) is 14.0 Å². The van der Waals surface area contributed by atoms with Crippen LogP contribution in [0.4, 0.5) is 9.18 Å². The van der Waals surface area contributed by atoms with Crippen LogP contribution in [0.3, 0.4) is 0 Å². The van der Waals surface area contributed by atoms with Crippen LogP contribution in [0.1, 0.15) is 18.9 Å². The van der Waals surface area contributed by atoms with Crippen molar-refractivity contribution >= 4 is 12.0 Å². The largest absolute Gasteiger partial charge is 0.468 e. The highest BCUT2D eigenvalue weighted by atomic mass is 19.1. The molecule has 6 heteroatoms. The molecule has 1 aromatic carbocycles. The first-order chi connectivity index (χ1) is 9.99. The molecule has 21 heavy (non-hydrogen) atoms. The van der Waals surface area contributed by atoms with Crippen molar-refractivity contribution in [3.8, 4) is 0 Å². The highest BCUT2D eigenvalue weighted by Gasteiger charge is 2.39. The van der Waals surface area contributed by atoms with Crippen LogP contribution in [0.2, 0.25) is 0 Å². The van der Waals surface area contributed by atoms with E-state index in [0.29, 0.717) is 13.1 Å². The lowest BCUT2D eigenvalue weighted by molar-refractivity contribution is -0.146. The molecule has 1 fully saturated rings. The van der Waals surface area contributed by atoms with Crippen LogP contribution in [0.15, 0.2) is 24.3 Å². The van der Waals surface area contributed by atoms with Gasteiger partial charge in [-0.25, -0.2) is 9.18 Å². The fourth-order valence-corrected chi connectivity index (χ4v) is 2.29. The third kappa shape index (κ3) is 2.99. The van der Waals surface area contributed by atoms with E-state index in [1.807, 2.05) is 0 Å². The van der Waals surface area contributed by atoms with Gasteiger partial charge >= 0.3 is 12.0 Å². The summed E-state index contributed by atoms with van der Waals surface area (Å²) >= 11 is 0. The number of amides is 2. The topological polar surface area (TPSA) is 58.6 Å². The molecule has 0 bridgehead atoms. The Morgan fingerprint density at radius 2 is 2.05 bits per heavy atom. The number of ether oxygens (including phenoxy) is 1. The number of hydrogen-bond donors (Lipinski definition) is 1. The number of carbonyl (C=O) groups excluding carboxylic acids is 2. The van der Waals surface area contributed by atoms with E-state index in [1.54, 1.807) is 24.0 Å². The maximum Gasteiger partial charge on any atom is 0.317 e. The summed E-state index contributed by atoms with van der Waals surface area (Å²) in [5, 5.41) is 2.69. The lowest BCUT2D eigenvalue weighted by atomic mass is 9.82. The zero-order valence-corrected chi connectivity index (χ0v) is 12.2. The van der Waals surface area contributed by atoms with Crippen LogP contribution >= 0.6 is 0 Å². The molecule has 0 radical (unpaired) electrons. The van der Waals surface area contributed by atoms with Crippen LogP contribution in [-0.4, -0.2) is 43.6 Å².